The number of carbonyl (C=O) groups excluding carboxylic acids is 1. The van der Waals surface area contributed by atoms with Crippen molar-refractivity contribution in [1.29, 1.82) is 0 Å². The van der Waals surface area contributed by atoms with Gasteiger partial charge in [-0.1, -0.05) is 4.73 Å². The zero-order chi connectivity index (χ0) is 20.9. The monoisotopic (exact) mass is 416 g/mol. The molecular formula is C15H20N4O8S. The number of methoxy groups -OCH3 is 2. The van der Waals surface area contributed by atoms with Crippen LogP contribution < -0.4 is 29.5 Å². The molecular weight excluding hydrogens is 396 g/mol. The predicted octanol–water partition coefficient (Wildman–Crippen LogP) is -0.144. The molecule has 13 heteroatoms. The highest BCUT2D eigenvalue weighted by Gasteiger charge is 2.27. The van der Waals surface area contributed by atoms with E-state index in [0.717, 1.165) is 0 Å². The highest BCUT2D eigenvalue weighted by atomic mass is 32.2. The van der Waals surface area contributed by atoms with Gasteiger partial charge in [-0.3, -0.25) is 0 Å². The quantitative estimate of drug-likeness (QED) is 0.622. The summed E-state index contributed by atoms with van der Waals surface area (Å²) < 4.78 is 43.1. The number of amides is 1. The van der Waals surface area contributed by atoms with E-state index < -0.39 is 21.7 Å². The number of aromatic nitrogens is 3. The first-order chi connectivity index (χ1) is 13.3. The number of nitrogens with one attached hydrogen (secondary N) is 1. The average molecular weight is 416 g/mol. The van der Waals surface area contributed by atoms with Gasteiger partial charge in [-0.15, -0.1) is 9.78 Å². The van der Waals surface area contributed by atoms with Crippen molar-refractivity contribution in [2.45, 2.75) is 18.7 Å². The first-order valence-corrected chi connectivity index (χ1v) is 9.54. The van der Waals surface area contributed by atoms with Crippen molar-refractivity contribution in [2.75, 3.05) is 27.4 Å². The number of carbonyl (C=O) groups is 1. The van der Waals surface area contributed by atoms with Crippen LogP contribution in [0.15, 0.2) is 27.9 Å². The molecule has 0 saturated carbocycles. The maximum Gasteiger partial charge on any atom is 0.391 e. The van der Waals surface area contributed by atoms with Gasteiger partial charge in [0, 0.05) is 6.07 Å². The third-order valence-electron chi connectivity index (χ3n) is 3.32. The van der Waals surface area contributed by atoms with Crippen molar-refractivity contribution in [3.05, 3.63) is 28.7 Å². The van der Waals surface area contributed by atoms with E-state index in [4.69, 9.17) is 19.0 Å². The first kappa shape index (κ1) is 21.1. The molecule has 0 spiro atoms. The normalized spacial score (nSPS) is 11.0. The summed E-state index contributed by atoms with van der Waals surface area (Å²) in [6.07, 6.45) is 0. The maximum atomic E-state index is 12.6. The van der Waals surface area contributed by atoms with Crippen LogP contribution in [0.1, 0.15) is 13.8 Å². The van der Waals surface area contributed by atoms with Crippen molar-refractivity contribution >= 4 is 16.1 Å². The standard InChI is InChI=1S/C15H20N4O8S/c1-5-26-14-16-18(15(21)19(14)27-6-2)13(20)17-28(22,23)12-9-10(24-3)7-8-11(12)25-4/h7-9H,5-6H2,1-4H3,(H,17,20). The van der Waals surface area contributed by atoms with Crippen LogP contribution >= 0.6 is 0 Å². The molecule has 0 atom stereocenters. The predicted molar refractivity (Wildman–Crippen MR) is 95.4 cm³/mol. The summed E-state index contributed by atoms with van der Waals surface area (Å²) in [6, 6.07) is 2.40. The minimum Gasteiger partial charge on any atom is -0.497 e. The molecule has 1 aromatic heterocycles. The second-order valence-electron chi connectivity index (χ2n) is 5.05. The molecule has 1 aromatic carbocycles. The van der Waals surface area contributed by atoms with E-state index in [1.807, 2.05) is 0 Å². The zero-order valence-corrected chi connectivity index (χ0v) is 16.5. The van der Waals surface area contributed by atoms with Gasteiger partial charge in [0.05, 0.1) is 20.8 Å². The lowest BCUT2D eigenvalue weighted by Gasteiger charge is -2.11. The number of hydrogen-bond acceptors (Lipinski definition) is 9. The lowest BCUT2D eigenvalue weighted by atomic mass is 10.3. The molecule has 1 heterocycles. The summed E-state index contributed by atoms with van der Waals surface area (Å²) in [5, 5.41) is 3.66. The Kier molecular flexibility index (Phi) is 6.51. The van der Waals surface area contributed by atoms with Gasteiger partial charge >= 0.3 is 17.7 Å². The highest BCUT2D eigenvalue weighted by Crippen LogP contribution is 2.27. The van der Waals surface area contributed by atoms with Crippen LogP contribution in [0.5, 0.6) is 17.5 Å². The average Bonchev–Trinajstić information content (AvgIpc) is 2.97. The Labute approximate surface area is 160 Å². The van der Waals surface area contributed by atoms with Crippen molar-refractivity contribution in [3.8, 4) is 17.5 Å². The molecule has 1 N–H and O–H groups in total. The minimum atomic E-state index is -4.42. The zero-order valence-electron chi connectivity index (χ0n) is 15.7. The largest absolute Gasteiger partial charge is 0.497 e. The number of hydrogen-bond donors (Lipinski definition) is 1. The number of sulfonamides is 1. The molecule has 12 nitrogen and oxygen atoms in total. The van der Waals surface area contributed by atoms with Gasteiger partial charge in [0.1, 0.15) is 23.0 Å². The fourth-order valence-corrected chi connectivity index (χ4v) is 3.25. The molecule has 2 aromatic rings. The van der Waals surface area contributed by atoms with Gasteiger partial charge in [0.2, 0.25) is 0 Å². The highest BCUT2D eigenvalue weighted by molar-refractivity contribution is 7.90. The Morgan fingerprint density at radius 2 is 1.89 bits per heavy atom. The Balaban J connectivity index is 2.42. The second-order valence-corrected chi connectivity index (χ2v) is 6.70. The summed E-state index contributed by atoms with van der Waals surface area (Å²) in [6.45, 7) is 3.48. The molecule has 2 rings (SSSR count). The molecule has 0 unspecified atom stereocenters. The number of rotatable bonds is 8. The van der Waals surface area contributed by atoms with Gasteiger partial charge in [0.15, 0.2) is 0 Å². The van der Waals surface area contributed by atoms with E-state index in [0.29, 0.717) is 4.73 Å². The summed E-state index contributed by atoms with van der Waals surface area (Å²) in [5.41, 5.74) is -1.03. The van der Waals surface area contributed by atoms with E-state index in [1.54, 1.807) is 18.6 Å². The Hall–Kier alpha value is -3.22. The van der Waals surface area contributed by atoms with Crippen LogP contribution in [-0.4, -0.2) is 56.4 Å². The summed E-state index contributed by atoms with van der Waals surface area (Å²) in [7, 11) is -1.80. The molecule has 0 radical (unpaired) electrons. The summed E-state index contributed by atoms with van der Waals surface area (Å²) in [5.74, 6) is 0.202. The van der Waals surface area contributed by atoms with Gasteiger partial charge in [-0.2, -0.15) is 0 Å². The Morgan fingerprint density at radius 1 is 1.18 bits per heavy atom. The van der Waals surface area contributed by atoms with Crippen molar-refractivity contribution < 1.29 is 32.3 Å². The Morgan fingerprint density at radius 3 is 2.46 bits per heavy atom. The maximum absolute atomic E-state index is 12.6. The SMILES string of the molecule is CCOc1nn(C(=O)NS(=O)(=O)c2cc(OC)ccc2OC)c(=O)n1OCC. The van der Waals surface area contributed by atoms with Crippen molar-refractivity contribution in [3.63, 3.8) is 0 Å². The van der Waals surface area contributed by atoms with Gasteiger partial charge < -0.3 is 19.0 Å². The van der Waals surface area contributed by atoms with Crippen LogP contribution in [0.2, 0.25) is 0 Å². The van der Waals surface area contributed by atoms with E-state index in [2.05, 4.69) is 5.10 Å². The molecule has 0 aliphatic carbocycles. The third kappa shape index (κ3) is 4.19. The first-order valence-electron chi connectivity index (χ1n) is 8.06. The molecule has 1 amide bonds. The molecule has 0 bridgehead atoms. The molecule has 0 fully saturated rings. The van der Waals surface area contributed by atoms with Crippen LogP contribution in [0.3, 0.4) is 0 Å². The van der Waals surface area contributed by atoms with Crippen LogP contribution in [0.25, 0.3) is 0 Å². The van der Waals surface area contributed by atoms with Crippen molar-refractivity contribution in [1.82, 2.24) is 19.2 Å². The molecule has 28 heavy (non-hydrogen) atoms. The summed E-state index contributed by atoms with van der Waals surface area (Å²) in [4.78, 5) is 29.4. The van der Waals surface area contributed by atoms with Crippen LogP contribution in [0.4, 0.5) is 4.79 Å². The van der Waals surface area contributed by atoms with Crippen molar-refractivity contribution in [2.24, 2.45) is 0 Å². The lowest BCUT2D eigenvalue weighted by molar-refractivity contribution is 0.0859. The van der Waals surface area contributed by atoms with E-state index in [1.165, 1.54) is 32.4 Å². The molecule has 0 aliphatic heterocycles. The van der Waals surface area contributed by atoms with E-state index >= 15 is 0 Å². The van der Waals surface area contributed by atoms with Crippen LogP contribution in [-0.2, 0) is 10.0 Å². The third-order valence-corrected chi connectivity index (χ3v) is 4.66. The number of benzene rings is 1. The van der Waals surface area contributed by atoms with E-state index in [-0.39, 0.29) is 40.3 Å². The molecule has 0 saturated heterocycles. The van der Waals surface area contributed by atoms with Gasteiger partial charge in [-0.05, 0) is 26.0 Å². The van der Waals surface area contributed by atoms with Gasteiger partial charge in [-0.25, -0.2) is 22.7 Å². The number of ether oxygens (including phenoxy) is 3. The number of nitrogens with zero attached hydrogens (tertiary/aromatic N) is 3. The minimum absolute atomic E-state index is 0.0247. The second kappa shape index (κ2) is 8.65. The van der Waals surface area contributed by atoms with Gasteiger partial charge in [0.25, 0.3) is 10.0 Å². The van der Waals surface area contributed by atoms with Crippen LogP contribution in [0, 0.1) is 0 Å². The Bertz CT molecular complexity index is 1010. The summed E-state index contributed by atoms with van der Waals surface area (Å²) >= 11 is 0. The molecule has 0 aliphatic rings. The fourth-order valence-electron chi connectivity index (χ4n) is 2.13. The lowest BCUT2D eigenvalue weighted by Crippen LogP contribution is -2.41. The molecule has 154 valence electrons. The smallest absolute Gasteiger partial charge is 0.391 e. The topological polar surface area (TPSA) is 140 Å². The van der Waals surface area contributed by atoms with E-state index in [9.17, 15) is 18.0 Å². The fraction of sp³-hybridized carbons (Fsp3) is 0.400.